The Morgan fingerprint density at radius 1 is 0.971 bits per heavy atom. The molecule has 0 bridgehead atoms. The molecule has 5 heteroatoms. The van der Waals surface area contributed by atoms with Crippen molar-refractivity contribution in [3.8, 4) is 17.1 Å². The van der Waals surface area contributed by atoms with E-state index in [1.165, 1.54) is 0 Å². The number of para-hydroxylation sites is 1. The zero-order valence-corrected chi connectivity index (χ0v) is 20.2. The van der Waals surface area contributed by atoms with Crippen LogP contribution in [0.25, 0.3) is 22.3 Å². The Morgan fingerprint density at radius 2 is 1.68 bits per heavy atom. The van der Waals surface area contributed by atoms with Crippen molar-refractivity contribution in [2.24, 2.45) is 0 Å². The van der Waals surface area contributed by atoms with Crippen LogP contribution in [0.15, 0.2) is 69.9 Å². The van der Waals surface area contributed by atoms with E-state index in [4.69, 9.17) is 9.15 Å². The van der Waals surface area contributed by atoms with E-state index in [0.717, 1.165) is 27.9 Å². The number of fused-ring (bicyclic) bond motifs is 1. The molecule has 34 heavy (non-hydrogen) atoms. The van der Waals surface area contributed by atoms with Crippen molar-refractivity contribution in [1.29, 1.82) is 0 Å². The highest BCUT2D eigenvalue weighted by Crippen LogP contribution is 2.32. The van der Waals surface area contributed by atoms with Crippen LogP contribution in [0.1, 0.15) is 42.0 Å². The minimum absolute atomic E-state index is 0.0376. The maximum atomic E-state index is 13.5. The number of hydrogen-bond acceptors (Lipinski definition) is 4. The van der Waals surface area contributed by atoms with Gasteiger partial charge in [-0.25, -0.2) is 0 Å². The van der Waals surface area contributed by atoms with Crippen LogP contribution in [-0.2, 0) is 4.79 Å². The van der Waals surface area contributed by atoms with Crippen molar-refractivity contribution in [1.82, 2.24) is 0 Å². The van der Waals surface area contributed by atoms with Crippen molar-refractivity contribution < 1.29 is 13.9 Å². The Kier molecular flexibility index (Phi) is 6.55. The standard InChI is InChI=1S/C29H29NO4/c1-17(2)22-8-6-7-9-23(22)30-25(31)16-33-29-27(32)26-20(5)14-19(4)15-24(26)34-28(29)21-12-10-18(3)11-13-21/h6-15,17H,16H2,1-5H3,(H,30,31). The van der Waals surface area contributed by atoms with Crippen molar-refractivity contribution in [2.45, 2.75) is 40.5 Å². The van der Waals surface area contributed by atoms with E-state index < -0.39 is 0 Å². The lowest BCUT2D eigenvalue weighted by atomic mass is 10.0. The average Bonchev–Trinajstić information content (AvgIpc) is 2.78. The molecular formula is C29H29NO4. The second-order valence-electron chi connectivity index (χ2n) is 8.99. The summed E-state index contributed by atoms with van der Waals surface area (Å²) in [5.41, 5.74) is 5.59. The van der Waals surface area contributed by atoms with E-state index in [1.807, 2.05) is 81.4 Å². The van der Waals surface area contributed by atoms with E-state index in [-0.39, 0.29) is 29.6 Å². The first kappa shape index (κ1) is 23.3. The number of benzene rings is 3. The average molecular weight is 456 g/mol. The van der Waals surface area contributed by atoms with Crippen LogP contribution in [0, 0.1) is 20.8 Å². The summed E-state index contributed by atoms with van der Waals surface area (Å²) in [6, 6.07) is 19.1. The van der Waals surface area contributed by atoms with E-state index in [2.05, 4.69) is 19.2 Å². The van der Waals surface area contributed by atoms with Crippen molar-refractivity contribution in [3.05, 3.63) is 93.1 Å². The monoisotopic (exact) mass is 455 g/mol. The molecule has 1 heterocycles. The normalized spacial score (nSPS) is 11.1. The van der Waals surface area contributed by atoms with Crippen LogP contribution in [-0.4, -0.2) is 12.5 Å². The fourth-order valence-corrected chi connectivity index (χ4v) is 4.14. The zero-order chi connectivity index (χ0) is 24.4. The van der Waals surface area contributed by atoms with E-state index in [0.29, 0.717) is 22.3 Å². The van der Waals surface area contributed by atoms with Gasteiger partial charge in [-0.2, -0.15) is 0 Å². The fraction of sp³-hybridized carbons (Fsp3) is 0.241. The highest BCUT2D eigenvalue weighted by atomic mass is 16.5. The van der Waals surface area contributed by atoms with Crippen LogP contribution >= 0.6 is 0 Å². The molecule has 0 aliphatic heterocycles. The molecule has 0 aliphatic rings. The number of ether oxygens (including phenoxy) is 1. The number of hydrogen-bond donors (Lipinski definition) is 1. The Hall–Kier alpha value is -3.86. The molecule has 0 radical (unpaired) electrons. The predicted molar refractivity (Wildman–Crippen MR) is 137 cm³/mol. The van der Waals surface area contributed by atoms with Crippen LogP contribution in [0.5, 0.6) is 5.75 Å². The van der Waals surface area contributed by atoms with Gasteiger partial charge in [-0.1, -0.05) is 67.9 Å². The number of amides is 1. The summed E-state index contributed by atoms with van der Waals surface area (Å²) in [4.78, 5) is 26.3. The number of carbonyl (C=O) groups is 1. The van der Waals surface area contributed by atoms with Gasteiger partial charge in [0, 0.05) is 11.3 Å². The molecular weight excluding hydrogens is 426 g/mol. The van der Waals surface area contributed by atoms with Gasteiger partial charge in [0.2, 0.25) is 11.2 Å². The van der Waals surface area contributed by atoms with Gasteiger partial charge in [0.15, 0.2) is 12.4 Å². The third-order valence-electron chi connectivity index (χ3n) is 5.81. The number of aryl methyl sites for hydroxylation is 3. The SMILES string of the molecule is Cc1ccc(-c2oc3cc(C)cc(C)c3c(=O)c2OCC(=O)Nc2ccccc2C(C)C)cc1. The molecule has 1 N–H and O–H groups in total. The van der Waals surface area contributed by atoms with Crippen LogP contribution in [0.2, 0.25) is 0 Å². The minimum Gasteiger partial charge on any atom is -0.476 e. The molecule has 0 atom stereocenters. The van der Waals surface area contributed by atoms with Crippen molar-refractivity contribution >= 4 is 22.6 Å². The third-order valence-corrected chi connectivity index (χ3v) is 5.81. The number of nitrogens with one attached hydrogen (secondary N) is 1. The summed E-state index contributed by atoms with van der Waals surface area (Å²) in [5.74, 6) is 0.265. The lowest BCUT2D eigenvalue weighted by Crippen LogP contribution is -2.23. The van der Waals surface area contributed by atoms with Crippen molar-refractivity contribution in [2.75, 3.05) is 11.9 Å². The van der Waals surface area contributed by atoms with Crippen LogP contribution in [0.4, 0.5) is 5.69 Å². The summed E-state index contributed by atoms with van der Waals surface area (Å²) in [6.45, 7) is 9.65. The Labute approximate surface area is 199 Å². The number of rotatable bonds is 6. The quantitative estimate of drug-likeness (QED) is 0.359. The van der Waals surface area contributed by atoms with Gasteiger partial charge >= 0.3 is 0 Å². The van der Waals surface area contributed by atoms with Gasteiger partial charge in [-0.05, 0) is 55.5 Å². The zero-order valence-electron chi connectivity index (χ0n) is 20.2. The Balaban J connectivity index is 1.72. The van der Waals surface area contributed by atoms with Gasteiger partial charge in [0.05, 0.1) is 5.39 Å². The summed E-state index contributed by atoms with van der Waals surface area (Å²) < 4.78 is 12.1. The lowest BCUT2D eigenvalue weighted by Gasteiger charge is -2.15. The molecule has 0 unspecified atom stereocenters. The molecule has 5 nitrogen and oxygen atoms in total. The maximum Gasteiger partial charge on any atom is 0.262 e. The lowest BCUT2D eigenvalue weighted by molar-refractivity contribution is -0.118. The third kappa shape index (κ3) is 4.74. The largest absolute Gasteiger partial charge is 0.476 e. The Morgan fingerprint density at radius 3 is 2.38 bits per heavy atom. The first-order valence-corrected chi connectivity index (χ1v) is 11.4. The highest BCUT2D eigenvalue weighted by Gasteiger charge is 2.20. The topological polar surface area (TPSA) is 68.5 Å². The van der Waals surface area contributed by atoms with Gasteiger partial charge in [-0.3, -0.25) is 9.59 Å². The minimum atomic E-state index is -0.344. The van der Waals surface area contributed by atoms with Crippen molar-refractivity contribution in [3.63, 3.8) is 0 Å². The number of anilines is 1. The van der Waals surface area contributed by atoms with E-state index in [9.17, 15) is 9.59 Å². The summed E-state index contributed by atoms with van der Waals surface area (Å²) in [7, 11) is 0. The molecule has 3 aromatic carbocycles. The molecule has 0 aliphatic carbocycles. The molecule has 1 aromatic heterocycles. The predicted octanol–water partition coefficient (Wildman–Crippen LogP) is 6.53. The van der Waals surface area contributed by atoms with E-state index >= 15 is 0 Å². The molecule has 0 saturated carbocycles. The first-order chi connectivity index (χ1) is 16.2. The molecule has 1 amide bonds. The maximum absolute atomic E-state index is 13.5. The second-order valence-corrected chi connectivity index (χ2v) is 8.99. The second kappa shape index (κ2) is 9.56. The molecule has 0 fully saturated rings. The van der Waals surface area contributed by atoms with Gasteiger partial charge in [0.1, 0.15) is 5.58 Å². The smallest absolute Gasteiger partial charge is 0.262 e. The van der Waals surface area contributed by atoms with Gasteiger partial charge in [-0.15, -0.1) is 0 Å². The molecule has 174 valence electrons. The summed E-state index contributed by atoms with van der Waals surface area (Å²) >= 11 is 0. The summed E-state index contributed by atoms with van der Waals surface area (Å²) in [5, 5.41) is 3.37. The first-order valence-electron chi connectivity index (χ1n) is 11.4. The molecule has 4 aromatic rings. The summed E-state index contributed by atoms with van der Waals surface area (Å²) in [6.07, 6.45) is 0. The molecule has 0 spiro atoms. The van der Waals surface area contributed by atoms with Crippen LogP contribution < -0.4 is 15.5 Å². The van der Waals surface area contributed by atoms with Gasteiger partial charge in [0.25, 0.3) is 5.91 Å². The number of carbonyl (C=O) groups excluding carboxylic acids is 1. The van der Waals surface area contributed by atoms with E-state index in [1.54, 1.807) is 0 Å². The highest BCUT2D eigenvalue weighted by molar-refractivity contribution is 5.93. The van der Waals surface area contributed by atoms with Gasteiger partial charge < -0.3 is 14.5 Å². The van der Waals surface area contributed by atoms with Crippen LogP contribution in [0.3, 0.4) is 0 Å². The molecule has 4 rings (SSSR count). The molecule has 0 saturated heterocycles. The Bertz CT molecular complexity index is 1420. The fourth-order valence-electron chi connectivity index (χ4n) is 4.14.